The van der Waals surface area contributed by atoms with Crippen LogP contribution in [0.3, 0.4) is 0 Å². The molecule has 3 nitrogen and oxygen atoms in total. The summed E-state index contributed by atoms with van der Waals surface area (Å²) < 4.78 is 0. The largest absolute Gasteiger partial charge is 0.308 e. The Morgan fingerprint density at radius 1 is 0.625 bits per heavy atom. The van der Waals surface area contributed by atoms with Crippen molar-refractivity contribution in [2.45, 2.75) is 5.41 Å². The van der Waals surface area contributed by atoms with Crippen LogP contribution in [0.25, 0.3) is 44.3 Å². The monoisotopic (exact) mass is 613 g/mol. The topological polar surface area (TPSA) is 29.0 Å². The van der Waals surface area contributed by atoms with Gasteiger partial charge >= 0.3 is 0 Å². The standard InChI is InChI=1S/C45H31N3/c1-3-14-30(4-2)45(31-15-6-5-7-16-31)39-21-9-8-18-33(39)37-27-38-36-20-12-19-35-34(41-22-10-11-26-47-41)23-24-42(44(35)36)48(43(38)28-40(37)45)32-17-13-25-46-29-32/h3-29H,1-2H2/b30-14+. The van der Waals surface area contributed by atoms with Gasteiger partial charge in [-0.05, 0) is 86.8 Å². The van der Waals surface area contributed by atoms with Gasteiger partial charge in [0, 0.05) is 28.9 Å². The van der Waals surface area contributed by atoms with Gasteiger partial charge in [-0.25, -0.2) is 0 Å². The van der Waals surface area contributed by atoms with Crippen molar-refractivity contribution < 1.29 is 0 Å². The molecule has 0 fully saturated rings. The minimum atomic E-state index is -0.589. The van der Waals surface area contributed by atoms with Crippen molar-refractivity contribution in [1.29, 1.82) is 0 Å². The first-order valence-electron chi connectivity index (χ1n) is 16.2. The summed E-state index contributed by atoms with van der Waals surface area (Å²) in [7, 11) is 0. The van der Waals surface area contributed by atoms with Crippen LogP contribution in [-0.2, 0) is 5.41 Å². The van der Waals surface area contributed by atoms with Crippen molar-refractivity contribution in [2.75, 3.05) is 4.90 Å². The molecule has 7 aromatic rings. The van der Waals surface area contributed by atoms with E-state index in [-0.39, 0.29) is 0 Å². The molecule has 0 bridgehead atoms. The summed E-state index contributed by atoms with van der Waals surface area (Å²) in [5.41, 5.74) is 14.3. The number of allylic oxidation sites excluding steroid dienone is 4. The lowest BCUT2D eigenvalue weighted by Gasteiger charge is -2.37. The highest BCUT2D eigenvalue weighted by Crippen LogP contribution is 2.61. The summed E-state index contributed by atoms with van der Waals surface area (Å²) in [5.74, 6) is 0. The molecule has 1 aliphatic carbocycles. The maximum absolute atomic E-state index is 4.74. The third kappa shape index (κ3) is 3.82. The fourth-order valence-corrected chi connectivity index (χ4v) is 8.10. The zero-order chi connectivity index (χ0) is 32.2. The van der Waals surface area contributed by atoms with Crippen molar-refractivity contribution in [2.24, 2.45) is 0 Å². The Labute approximate surface area is 280 Å². The zero-order valence-corrected chi connectivity index (χ0v) is 26.3. The van der Waals surface area contributed by atoms with Crippen LogP contribution >= 0.6 is 0 Å². The summed E-state index contributed by atoms with van der Waals surface area (Å²) in [5, 5.41) is 2.38. The first-order valence-corrected chi connectivity index (χ1v) is 16.2. The molecule has 0 saturated carbocycles. The molecule has 48 heavy (non-hydrogen) atoms. The molecule has 3 heterocycles. The van der Waals surface area contributed by atoms with E-state index in [1.807, 2.05) is 48.9 Å². The van der Waals surface area contributed by atoms with E-state index in [0.717, 1.165) is 33.9 Å². The number of fused-ring (bicyclic) bond motifs is 5. The second kappa shape index (κ2) is 10.9. The molecule has 0 saturated heterocycles. The second-order valence-corrected chi connectivity index (χ2v) is 12.3. The Morgan fingerprint density at radius 3 is 2.25 bits per heavy atom. The first kappa shape index (κ1) is 27.9. The third-order valence-electron chi connectivity index (χ3n) is 9.95. The molecule has 5 aromatic carbocycles. The third-order valence-corrected chi connectivity index (χ3v) is 9.95. The summed E-state index contributed by atoms with van der Waals surface area (Å²) in [4.78, 5) is 11.7. The van der Waals surface area contributed by atoms with Gasteiger partial charge in [0.15, 0.2) is 0 Å². The zero-order valence-electron chi connectivity index (χ0n) is 26.3. The number of nitrogens with zero attached hydrogens (tertiary/aromatic N) is 3. The Kier molecular flexibility index (Phi) is 6.34. The second-order valence-electron chi connectivity index (χ2n) is 12.3. The van der Waals surface area contributed by atoms with Crippen molar-refractivity contribution in [3.8, 4) is 33.5 Å². The normalized spacial score (nSPS) is 15.8. The highest BCUT2D eigenvalue weighted by Gasteiger charge is 2.47. The van der Waals surface area contributed by atoms with E-state index in [0.29, 0.717) is 0 Å². The van der Waals surface area contributed by atoms with E-state index in [4.69, 9.17) is 4.98 Å². The van der Waals surface area contributed by atoms with Crippen molar-refractivity contribution in [1.82, 2.24) is 9.97 Å². The van der Waals surface area contributed by atoms with Gasteiger partial charge in [-0.2, -0.15) is 0 Å². The Morgan fingerprint density at radius 2 is 1.46 bits per heavy atom. The number of hydrogen-bond donors (Lipinski definition) is 0. The Hall–Kier alpha value is -6.32. The van der Waals surface area contributed by atoms with Gasteiger partial charge in [0.25, 0.3) is 0 Å². The summed E-state index contributed by atoms with van der Waals surface area (Å²) in [6, 6.07) is 45.8. The maximum Gasteiger partial charge on any atom is 0.0714 e. The highest BCUT2D eigenvalue weighted by atomic mass is 15.2. The van der Waals surface area contributed by atoms with Crippen LogP contribution < -0.4 is 4.90 Å². The van der Waals surface area contributed by atoms with Gasteiger partial charge in [-0.3, -0.25) is 9.97 Å². The number of anilines is 3. The molecule has 0 spiro atoms. The number of aromatic nitrogens is 2. The molecule has 9 rings (SSSR count). The van der Waals surface area contributed by atoms with Crippen molar-refractivity contribution in [3.05, 3.63) is 200 Å². The average Bonchev–Trinajstić information content (AvgIpc) is 3.44. The molecule has 2 aromatic heterocycles. The summed E-state index contributed by atoms with van der Waals surface area (Å²) >= 11 is 0. The predicted molar refractivity (Wildman–Crippen MR) is 199 cm³/mol. The number of pyridine rings is 2. The number of benzene rings is 5. The van der Waals surface area contributed by atoms with E-state index in [1.54, 1.807) is 0 Å². The van der Waals surface area contributed by atoms with Crippen LogP contribution in [0.15, 0.2) is 183 Å². The SMILES string of the molecule is C=C/C=C(\C=C)C1(c2ccccc2)c2ccccc2-c2cc3c(cc21)N(c1cccnc1)c1ccc(-c2ccccn2)c2cccc-3c12. The van der Waals surface area contributed by atoms with Crippen LogP contribution in [0.1, 0.15) is 16.7 Å². The van der Waals surface area contributed by atoms with Crippen LogP contribution in [0.4, 0.5) is 17.1 Å². The summed E-state index contributed by atoms with van der Waals surface area (Å²) in [6.07, 6.45) is 11.6. The first-order chi connectivity index (χ1) is 23.8. The van der Waals surface area contributed by atoms with Gasteiger partial charge in [0.05, 0.1) is 34.4 Å². The molecule has 1 aliphatic heterocycles. The molecule has 1 unspecified atom stereocenters. The molecular formula is C45H31N3. The predicted octanol–water partition coefficient (Wildman–Crippen LogP) is 11.4. The van der Waals surface area contributed by atoms with Crippen molar-refractivity contribution >= 4 is 27.8 Å². The maximum atomic E-state index is 4.74. The molecule has 0 N–H and O–H groups in total. The lowest BCUT2D eigenvalue weighted by atomic mass is 9.66. The van der Waals surface area contributed by atoms with Crippen molar-refractivity contribution in [3.63, 3.8) is 0 Å². The van der Waals surface area contributed by atoms with Crippen LogP contribution in [0.5, 0.6) is 0 Å². The van der Waals surface area contributed by atoms with Gasteiger partial charge in [-0.15, -0.1) is 0 Å². The van der Waals surface area contributed by atoms with E-state index in [1.165, 1.54) is 49.7 Å². The smallest absolute Gasteiger partial charge is 0.0714 e. The molecule has 0 radical (unpaired) electrons. The lowest BCUT2D eigenvalue weighted by molar-refractivity contribution is 0.767. The summed E-state index contributed by atoms with van der Waals surface area (Å²) in [6.45, 7) is 8.45. The quantitative estimate of drug-likeness (QED) is 0.175. The van der Waals surface area contributed by atoms with Crippen LogP contribution in [0, 0.1) is 0 Å². The molecule has 0 amide bonds. The highest BCUT2D eigenvalue weighted by molar-refractivity contribution is 6.18. The number of hydrogen-bond acceptors (Lipinski definition) is 3. The lowest BCUT2D eigenvalue weighted by Crippen LogP contribution is -2.29. The molecular weight excluding hydrogens is 583 g/mol. The van der Waals surface area contributed by atoms with E-state index >= 15 is 0 Å². The fourth-order valence-electron chi connectivity index (χ4n) is 8.10. The molecule has 2 aliphatic rings. The number of rotatable bonds is 6. The van der Waals surface area contributed by atoms with Gasteiger partial charge in [-0.1, -0.05) is 116 Å². The fraction of sp³-hybridized carbons (Fsp3) is 0.0222. The van der Waals surface area contributed by atoms with Gasteiger partial charge in [0.1, 0.15) is 0 Å². The van der Waals surface area contributed by atoms with Crippen LogP contribution in [-0.4, -0.2) is 9.97 Å². The van der Waals surface area contributed by atoms with E-state index in [2.05, 4.69) is 138 Å². The minimum Gasteiger partial charge on any atom is -0.308 e. The molecule has 1 atom stereocenters. The van der Waals surface area contributed by atoms with E-state index in [9.17, 15) is 0 Å². The van der Waals surface area contributed by atoms with Gasteiger partial charge in [0.2, 0.25) is 0 Å². The van der Waals surface area contributed by atoms with E-state index < -0.39 is 5.41 Å². The molecule has 3 heteroatoms. The molecule has 226 valence electrons. The van der Waals surface area contributed by atoms with Crippen LogP contribution in [0.2, 0.25) is 0 Å². The Bertz CT molecular complexity index is 2430. The Balaban J connectivity index is 1.43. The average molecular weight is 614 g/mol. The minimum absolute atomic E-state index is 0.589. The van der Waals surface area contributed by atoms with Gasteiger partial charge < -0.3 is 4.90 Å².